The number of hydrogen-bond acceptors (Lipinski definition) is 4. The third-order valence-corrected chi connectivity index (χ3v) is 3.45. The van der Waals surface area contributed by atoms with E-state index in [9.17, 15) is 4.79 Å². The number of nitrogens with zero attached hydrogens (tertiary/aromatic N) is 1. The molecule has 2 N–H and O–H groups in total. The second-order valence-corrected chi connectivity index (χ2v) is 4.81. The normalized spacial score (nSPS) is 18.9. The molecule has 0 spiro atoms. The van der Waals surface area contributed by atoms with Crippen molar-refractivity contribution in [3.05, 3.63) is 23.8 Å². The van der Waals surface area contributed by atoms with Gasteiger partial charge in [-0.05, 0) is 25.5 Å². The number of nitrogen functional groups attached to an aromatic ring is 1. The summed E-state index contributed by atoms with van der Waals surface area (Å²) in [7, 11) is 0. The lowest BCUT2D eigenvalue weighted by atomic mass is 10.1. The average molecular weight is 278 g/mol. The minimum Gasteiger partial charge on any atom is -0.491 e. The van der Waals surface area contributed by atoms with Gasteiger partial charge in [0.15, 0.2) is 5.75 Å². The first-order chi connectivity index (χ1) is 9.67. The van der Waals surface area contributed by atoms with Crippen LogP contribution in [0.5, 0.6) is 5.75 Å². The average Bonchev–Trinajstić information content (AvgIpc) is 2.49. The van der Waals surface area contributed by atoms with Gasteiger partial charge in [-0.3, -0.25) is 4.79 Å². The molecule has 0 radical (unpaired) electrons. The molecule has 1 aliphatic rings. The number of ether oxygens (including phenoxy) is 2. The van der Waals surface area contributed by atoms with Crippen molar-refractivity contribution >= 4 is 11.6 Å². The Morgan fingerprint density at radius 3 is 3.00 bits per heavy atom. The zero-order valence-electron chi connectivity index (χ0n) is 12.1. The molecule has 1 fully saturated rings. The van der Waals surface area contributed by atoms with Crippen LogP contribution in [0.3, 0.4) is 0 Å². The number of carbonyl (C=O) groups is 1. The molecule has 110 valence electrons. The minimum absolute atomic E-state index is 0.0394. The smallest absolute Gasteiger partial charge is 0.257 e. The summed E-state index contributed by atoms with van der Waals surface area (Å²) >= 11 is 0. The summed E-state index contributed by atoms with van der Waals surface area (Å²) in [4.78, 5) is 14.5. The van der Waals surface area contributed by atoms with Crippen molar-refractivity contribution < 1.29 is 14.3 Å². The fourth-order valence-electron chi connectivity index (χ4n) is 2.35. The summed E-state index contributed by atoms with van der Waals surface area (Å²) in [5, 5.41) is 0. The third kappa shape index (κ3) is 3.04. The topological polar surface area (TPSA) is 64.8 Å². The number of nitrogens with two attached hydrogens (primary N) is 1. The lowest BCUT2D eigenvalue weighted by Gasteiger charge is -2.33. The molecule has 0 aromatic heterocycles. The Balaban J connectivity index is 2.22. The van der Waals surface area contributed by atoms with E-state index in [1.807, 2.05) is 11.8 Å². The molecule has 1 saturated heterocycles. The van der Waals surface area contributed by atoms with Gasteiger partial charge in [-0.1, -0.05) is 13.0 Å². The molecule has 20 heavy (non-hydrogen) atoms. The number of morpholine rings is 1. The lowest BCUT2D eigenvalue weighted by Crippen LogP contribution is -2.45. The van der Waals surface area contributed by atoms with Crippen LogP contribution in [0.1, 0.15) is 30.6 Å². The molecule has 1 amide bonds. The van der Waals surface area contributed by atoms with Gasteiger partial charge >= 0.3 is 0 Å². The van der Waals surface area contributed by atoms with Crippen LogP contribution >= 0.6 is 0 Å². The van der Waals surface area contributed by atoms with E-state index in [0.717, 1.165) is 6.42 Å². The first-order valence-corrected chi connectivity index (χ1v) is 7.09. The van der Waals surface area contributed by atoms with E-state index in [1.54, 1.807) is 18.2 Å². The van der Waals surface area contributed by atoms with Crippen LogP contribution in [0, 0.1) is 0 Å². The predicted molar refractivity (Wildman–Crippen MR) is 78.0 cm³/mol. The third-order valence-electron chi connectivity index (χ3n) is 3.45. The summed E-state index contributed by atoms with van der Waals surface area (Å²) in [6, 6.07) is 5.29. The number of para-hydroxylation sites is 1. The SMILES string of the molecule is CCOc1c(N)cccc1C(=O)N1CCOC(CC)C1. The predicted octanol–water partition coefficient (Wildman–Crippen LogP) is 1.92. The lowest BCUT2D eigenvalue weighted by molar-refractivity contribution is -0.0227. The van der Waals surface area contributed by atoms with Crippen molar-refractivity contribution in [2.45, 2.75) is 26.4 Å². The van der Waals surface area contributed by atoms with E-state index < -0.39 is 0 Å². The molecule has 1 heterocycles. The van der Waals surface area contributed by atoms with Gasteiger partial charge in [0.2, 0.25) is 0 Å². The highest BCUT2D eigenvalue weighted by Crippen LogP contribution is 2.28. The van der Waals surface area contributed by atoms with E-state index in [2.05, 4.69) is 6.92 Å². The standard InChI is InChI=1S/C15H22N2O3/c1-3-11-10-17(8-9-20-11)15(18)12-6-5-7-13(16)14(12)19-4-2/h5-7,11H,3-4,8-10,16H2,1-2H3. The number of carbonyl (C=O) groups excluding carboxylic acids is 1. The molecule has 1 aromatic rings. The van der Waals surface area contributed by atoms with Gasteiger partial charge in [-0.2, -0.15) is 0 Å². The minimum atomic E-state index is -0.0394. The Hall–Kier alpha value is -1.75. The number of anilines is 1. The van der Waals surface area contributed by atoms with Crippen LogP contribution in [0.15, 0.2) is 18.2 Å². The maximum Gasteiger partial charge on any atom is 0.257 e. The van der Waals surface area contributed by atoms with E-state index in [4.69, 9.17) is 15.2 Å². The van der Waals surface area contributed by atoms with Crippen molar-refractivity contribution in [1.82, 2.24) is 4.90 Å². The Morgan fingerprint density at radius 1 is 1.50 bits per heavy atom. The Labute approximate surface area is 119 Å². The number of benzene rings is 1. The maximum atomic E-state index is 12.6. The van der Waals surface area contributed by atoms with Crippen LogP contribution in [0.25, 0.3) is 0 Å². The molecule has 0 saturated carbocycles. The van der Waals surface area contributed by atoms with Crippen molar-refractivity contribution in [3.63, 3.8) is 0 Å². The van der Waals surface area contributed by atoms with Crippen LogP contribution in [0.2, 0.25) is 0 Å². The molecule has 0 aliphatic carbocycles. The Morgan fingerprint density at radius 2 is 2.30 bits per heavy atom. The van der Waals surface area contributed by atoms with Gasteiger partial charge in [-0.15, -0.1) is 0 Å². The van der Waals surface area contributed by atoms with Gasteiger partial charge in [0.25, 0.3) is 5.91 Å². The zero-order valence-corrected chi connectivity index (χ0v) is 12.1. The highest BCUT2D eigenvalue weighted by atomic mass is 16.5. The summed E-state index contributed by atoms with van der Waals surface area (Å²) < 4.78 is 11.1. The summed E-state index contributed by atoms with van der Waals surface area (Å²) in [6.07, 6.45) is 1.02. The second-order valence-electron chi connectivity index (χ2n) is 4.81. The molecule has 1 atom stereocenters. The molecule has 1 aliphatic heterocycles. The number of hydrogen-bond donors (Lipinski definition) is 1. The van der Waals surface area contributed by atoms with Crippen molar-refractivity contribution in [3.8, 4) is 5.75 Å². The van der Waals surface area contributed by atoms with Crippen LogP contribution in [-0.4, -0.2) is 43.2 Å². The molecule has 2 rings (SSSR count). The second kappa shape index (κ2) is 6.61. The van der Waals surface area contributed by atoms with Crippen molar-refractivity contribution in [1.29, 1.82) is 0 Å². The molecule has 0 bridgehead atoms. The van der Waals surface area contributed by atoms with E-state index in [-0.39, 0.29) is 12.0 Å². The molecular weight excluding hydrogens is 256 g/mol. The maximum absolute atomic E-state index is 12.6. The van der Waals surface area contributed by atoms with Crippen LogP contribution in [-0.2, 0) is 4.74 Å². The van der Waals surface area contributed by atoms with Gasteiger partial charge in [0.1, 0.15) is 0 Å². The molecule has 5 nitrogen and oxygen atoms in total. The van der Waals surface area contributed by atoms with Crippen molar-refractivity contribution in [2.24, 2.45) is 0 Å². The highest BCUT2D eigenvalue weighted by molar-refractivity contribution is 5.98. The quantitative estimate of drug-likeness (QED) is 0.855. The Kier molecular flexibility index (Phi) is 4.84. The first-order valence-electron chi connectivity index (χ1n) is 7.09. The fraction of sp³-hybridized carbons (Fsp3) is 0.533. The summed E-state index contributed by atoms with van der Waals surface area (Å²) in [5.74, 6) is 0.446. The van der Waals surface area contributed by atoms with Gasteiger partial charge in [-0.25, -0.2) is 0 Å². The van der Waals surface area contributed by atoms with E-state index >= 15 is 0 Å². The van der Waals surface area contributed by atoms with Gasteiger partial charge in [0, 0.05) is 13.1 Å². The highest BCUT2D eigenvalue weighted by Gasteiger charge is 2.26. The zero-order chi connectivity index (χ0) is 14.5. The monoisotopic (exact) mass is 278 g/mol. The van der Waals surface area contributed by atoms with Gasteiger partial charge in [0.05, 0.1) is 30.6 Å². The van der Waals surface area contributed by atoms with Crippen LogP contribution < -0.4 is 10.5 Å². The first kappa shape index (κ1) is 14.7. The molecule has 1 unspecified atom stereocenters. The number of rotatable bonds is 4. The van der Waals surface area contributed by atoms with Crippen LogP contribution in [0.4, 0.5) is 5.69 Å². The largest absolute Gasteiger partial charge is 0.491 e. The number of amides is 1. The molecular formula is C15H22N2O3. The molecule has 1 aromatic carbocycles. The summed E-state index contributed by atoms with van der Waals surface area (Å²) in [6.45, 7) is 6.23. The van der Waals surface area contributed by atoms with E-state index in [1.165, 1.54) is 0 Å². The van der Waals surface area contributed by atoms with Crippen molar-refractivity contribution in [2.75, 3.05) is 32.0 Å². The summed E-state index contributed by atoms with van der Waals surface area (Å²) in [5.41, 5.74) is 6.94. The van der Waals surface area contributed by atoms with E-state index in [0.29, 0.717) is 43.3 Å². The Bertz CT molecular complexity index is 476. The fourth-order valence-corrected chi connectivity index (χ4v) is 2.35. The van der Waals surface area contributed by atoms with Gasteiger partial charge < -0.3 is 20.1 Å². The molecule has 5 heteroatoms.